The molecule has 4 heteroatoms. The second-order valence-electron chi connectivity index (χ2n) is 13.5. The summed E-state index contributed by atoms with van der Waals surface area (Å²) in [6, 6.07) is 59.7. The summed E-state index contributed by atoms with van der Waals surface area (Å²) in [5.41, 5.74) is 9.95. The number of rotatable bonds is 6. The highest BCUT2D eigenvalue weighted by atomic mass is 15.0. The van der Waals surface area contributed by atoms with Crippen LogP contribution in [0.15, 0.2) is 170 Å². The summed E-state index contributed by atoms with van der Waals surface area (Å²) in [5, 5.41) is 6.22. The Kier molecular flexibility index (Phi) is 7.58. The van der Waals surface area contributed by atoms with Crippen LogP contribution in [0.2, 0.25) is 0 Å². The molecule has 0 fully saturated rings. The van der Waals surface area contributed by atoms with Crippen molar-refractivity contribution in [2.24, 2.45) is 0 Å². The van der Waals surface area contributed by atoms with Gasteiger partial charge in [0.25, 0.3) is 0 Å². The molecule has 2 heterocycles. The van der Waals surface area contributed by atoms with E-state index in [1.165, 1.54) is 38.3 Å². The highest BCUT2D eigenvalue weighted by Crippen LogP contribution is 2.36. The minimum atomic E-state index is 0.643. The lowest BCUT2D eigenvalue weighted by molar-refractivity contribution is 1.02. The van der Waals surface area contributed by atoms with E-state index >= 15 is 0 Å². The number of fused-ring (bicyclic) bond motifs is 4. The fourth-order valence-corrected chi connectivity index (χ4v) is 7.75. The zero-order chi connectivity index (χ0) is 35.1. The van der Waals surface area contributed by atoms with Gasteiger partial charge in [-0.05, 0) is 70.1 Å². The van der Waals surface area contributed by atoms with Crippen molar-refractivity contribution in [3.8, 4) is 62.1 Å². The molecule has 0 saturated carbocycles. The van der Waals surface area contributed by atoms with E-state index in [-0.39, 0.29) is 0 Å². The van der Waals surface area contributed by atoms with Gasteiger partial charge in [-0.2, -0.15) is 0 Å². The topological polar surface area (TPSA) is 43.6 Å². The minimum Gasteiger partial charge on any atom is -0.310 e. The van der Waals surface area contributed by atoms with Crippen LogP contribution in [0, 0.1) is 0 Å². The van der Waals surface area contributed by atoms with Crippen LogP contribution in [0.5, 0.6) is 0 Å². The van der Waals surface area contributed by atoms with Gasteiger partial charge >= 0.3 is 0 Å². The normalized spacial score (nSPS) is 12.3. The summed E-state index contributed by atoms with van der Waals surface area (Å²) in [6.45, 7) is 0. The summed E-state index contributed by atoms with van der Waals surface area (Å²) in [7, 11) is 0. The Hall–Kier alpha value is -6.91. The van der Waals surface area contributed by atoms with Gasteiger partial charge in [-0.1, -0.05) is 158 Å². The molecule has 2 aromatic heterocycles. The molecule has 10 rings (SSSR count). The molecule has 0 N–H and O–H groups in total. The van der Waals surface area contributed by atoms with Crippen molar-refractivity contribution in [3.05, 3.63) is 180 Å². The smallest absolute Gasteiger partial charge is 0.164 e. The Bertz CT molecular complexity index is 2910. The minimum absolute atomic E-state index is 0.643. The van der Waals surface area contributed by atoms with Gasteiger partial charge in [0.2, 0.25) is 0 Å². The van der Waals surface area contributed by atoms with Crippen LogP contribution in [0.4, 0.5) is 0 Å². The van der Waals surface area contributed by atoms with Crippen molar-refractivity contribution in [3.63, 3.8) is 0 Å². The van der Waals surface area contributed by atoms with Gasteiger partial charge in [0.15, 0.2) is 17.5 Å². The highest BCUT2D eigenvalue weighted by molar-refractivity contribution is 6.04. The number of aromatic nitrogens is 4. The number of nitrogens with zero attached hydrogens (tertiary/aromatic N) is 4. The van der Waals surface area contributed by atoms with Crippen LogP contribution < -0.4 is 10.6 Å². The number of hydrogen-bond acceptors (Lipinski definition) is 3. The summed E-state index contributed by atoms with van der Waals surface area (Å²) in [6.07, 6.45) is 6.92. The Labute approximate surface area is 307 Å². The summed E-state index contributed by atoms with van der Waals surface area (Å²) in [4.78, 5) is 15.2. The van der Waals surface area contributed by atoms with E-state index in [0.29, 0.717) is 17.5 Å². The first kappa shape index (κ1) is 30.9. The molecule has 0 atom stereocenters. The van der Waals surface area contributed by atoms with Crippen LogP contribution in [-0.2, 0) is 0 Å². The first-order valence-corrected chi connectivity index (χ1v) is 18.2. The standard InChI is InChI=1S/C49H34N4/c1-3-13-35(14-4-1)39-31-32-44(41-18-8-7-17-40(39)41)49-51-47(36-15-5-2-6-16-36)50-48(52-49)37-25-23-33(24-26-37)34-27-29-38(30-28-34)53-45-21-11-9-19-42(45)43-20-10-12-22-46(43)53/h1-9,11,13-32H,10,12H2. The molecule has 0 bridgehead atoms. The fraction of sp³-hybridized carbons (Fsp3) is 0.0408. The maximum atomic E-state index is 5.12. The van der Waals surface area contributed by atoms with Crippen LogP contribution in [0.25, 0.3) is 95.9 Å². The van der Waals surface area contributed by atoms with Crippen LogP contribution in [-0.4, -0.2) is 19.5 Å². The van der Waals surface area contributed by atoms with Gasteiger partial charge in [-0.3, -0.25) is 0 Å². The van der Waals surface area contributed by atoms with Gasteiger partial charge in [0.1, 0.15) is 0 Å². The van der Waals surface area contributed by atoms with Gasteiger partial charge in [-0.25, -0.2) is 15.0 Å². The van der Waals surface area contributed by atoms with E-state index in [4.69, 9.17) is 15.0 Å². The molecule has 0 aliphatic heterocycles. The van der Waals surface area contributed by atoms with Crippen LogP contribution in [0.1, 0.15) is 12.8 Å². The van der Waals surface area contributed by atoms with Crippen LogP contribution >= 0.6 is 0 Å². The summed E-state index contributed by atoms with van der Waals surface area (Å²) in [5.74, 6) is 1.94. The van der Waals surface area contributed by atoms with E-state index in [1.54, 1.807) is 0 Å². The second-order valence-corrected chi connectivity index (χ2v) is 13.5. The monoisotopic (exact) mass is 678 g/mol. The maximum Gasteiger partial charge on any atom is 0.164 e. The van der Waals surface area contributed by atoms with Crippen molar-refractivity contribution in [1.82, 2.24) is 19.5 Å². The first-order valence-electron chi connectivity index (χ1n) is 18.2. The second kappa shape index (κ2) is 13.0. The lowest BCUT2D eigenvalue weighted by Gasteiger charge is -2.13. The van der Waals surface area contributed by atoms with Gasteiger partial charge in [0.05, 0.1) is 5.52 Å². The van der Waals surface area contributed by atoms with E-state index in [2.05, 4.69) is 168 Å². The lowest BCUT2D eigenvalue weighted by atomic mass is 9.94. The molecule has 53 heavy (non-hydrogen) atoms. The Morgan fingerprint density at radius 1 is 0.358 bits per heavy atom. The first-order chi connectivity index (χ1) is 26.3. The molecular weight excluding hydrogens is 645 g/mol. The molecule has 0 saturated heterocycles. The number of hydrogen-bond donors (Lipinski definition) is 0. The van der Waals surface area contributed by atoms with Crippen molar-refractivity contribution in [2.45, 2.75) is 12.8 Å². The third-order valence-corrected chi connectivity index (χ3v) is 10.3. The van der Waals surface area contributed by atoms with Gasteiger partial charge in [0, 0.05) is 38.3 Å². The zero-order valence-electron chi connectivity index (χ0n) is 29.0. The zero-order valence-corrected chi connectivity index (χ0v) is 29.0. The molecule has 9 aromatic rings. The van der Waals surface area contributed by atoms with Crippen molar-refractivity contribution in [1.29, 1.82) is 0 Å². The quantitative estimate of drug-likeness (QED) is 0.176. The van der Waals surface area contributed by atoms with E-state index in [0.717, 1.165) is 51.4 Å². The SMILES string of the molecule is C1=c2c(n(-c3ccc(-c4ccc(-c5nc(-c6ccccc6)nc(-c6ccc(-c7ccccc7)c7ccccc67)n5)cc4)cc3)c3ccccc23)=CCC1. The van der Waals surface area contributed by atoms with E-state index in [1.807, 2.05) is 18.2 Å². The van der Waals surface area contributed by atoms with Crippen molar-refractivity contribution in [2.75, 3.05) is 0 Å². The average Bonchev–Trinajstić information content (AvgIpc) is 3.58. The molecule has 0 amide bonds. The van der Waals surface area contributed by atoms with Crippen molar-refractivity contribution < 1.29 is 0 Å². The molecule has 7 aromatic carbocycles. The summed E-state index contributed by atoms with van der Waals surface area (Å²) >= 11 is 0. The lowest BCUT2D eigenvalue weighted by Crippen LogP contribution is -2.30. The number of benzene rings is 7. The largest absolute Gasteiger partial charge is 0.310 e. The van der Waals surface area contributed by atoms with E-state index < -0.39 is 0 Å². The molecular formula is C49H34N4. The summed E-state index contributed by atoms with van der Waals surface area (Å²) < 4.78 is 2.40. The molecule has 4 nitrogen and oxygen atoms in total. The average molecular weight is 679 g/mol. The van der Waals surface area contributed by atoms with Gasteiger partial charge < -0.3 is 4.57 Å². The number of para-hydroxylation sites is 1. The maximum absolute atomic E-state index is 5.12. The molecule has 1 aliphatic carbocycles. The molecule has 0 radical (unpaired) electrons. The Morgan fingerprint density at radius 3 is 1.55 bits per heavy atom. The van der Waals surface area contributed by atoms with Crippen LogP contribution in [0.3, 0.4) is 0 Å². The predicted octanol–water partition coefficient (Wildman–Crippen LogP) is 10.7. The Morgan fingerprint density at radius 2 is 0.849 bits per heavy atom. The fourth-order valence-electron chi connectivity index (χ4n) is 7.75. The van der Waals surface area contributed by atoms with E-state index in [9.17, 15) is 0 Å². The third-order valence-electron chi connectivity index (χ3n) is 10.3. The molecule has 0 spiro atoms. The Balaban J connectivity index is 1.03. The van der Waals surface area contributed by atoms with Gasteiger partial charge in [-0.15, -0.1) is 0 Å². The third kappa shape index (κ3) is 5.53. The molecule has 0 unspecified atom stereocenters. The van der Waals surface area contributed by atoms with Crippen molar-refractivity contribution >= 4 is 33.8 Å². The highest BCUT2D eigenvalue weighted by Gasteiger charge is 2.17. The molecule has 1 aliphatic rings. The predicted molar refractivity (Wildman–Crippen MR) is 219 cm³/mol. The molecule has 250 valence electrons.